The summed E-state index contributed by atoms with van der Waals surface area (Å²) in [4.78, 5) is 4.35. The van der Waals surface area contributed by atoms with Crippen LogP contribution in [0.2, 0.25) is 0 Å². The summed E-state index contributed by atoms with van der Waals surface area (Å²) < 4.78 is 15.3. The quantitative estimate of drug-likeness (QED) is 0.428. The summed E-state index contributed by atoms with van der Waals surface area (Å²) in [5.74, 6) is 0.635. The smallest absolute Gasteiger partial charge is 0.125 e. The second-order valence-corrected chi connectivity index (χ2v) is 8.18. The molecule has 1 atom stereocenters. The van der Waals surface area contributed by atoms with Crippen molar-refractivity contribution < 1.29 is 4.39 Å². The van der Waals surface area contributed by atoms with E-state index in [2.05, 4.69) is 58.0 Å². The van der Waals surface area contributed by atoms with Crippen LogP contribution in [-0.4, -0.2) is 21.8 Å². The Labute approximate surface area is 181 Å². The van der Waals surface area contributed by atoms with Gasteiger partial charge in [0.25, 0.3) is 0 Å². The van der Waals surface area contributed by atoms with Gasteiger partial charge in [-0.25, -0.2) is 14.1 Å². The van der Waals surface area contributed by atoms with Crippen molar-refractivity contribution >= 4 is 16.7 Å². The number of anilines is 1. The largest absolute Gasteiger partial charge is 0.373 e. The Balaban J connectivity index is 1.50. The van der Waals surface area contributed by atoms with Gasteiger partial charge in [-0.1, -0.05) is 19.1 Å². The van der Waals surface area contributed by atoms with Crippen molar-refractivity contribution in [3.63, 3.8) is 0 Å². The Morgan fingerprint density at radius 2 is 1.94 bits per heavy atom. The van der Waals surface area contributed by atoms with Gasteiger partial charge >= 0.3 is 0 Å². The number of nitrogens with one attached hydrogen (secondary N) is 2. The molecule has 4 aromatic rings. The lowest BCUT2D eigenvalue weighted by molar-refractivity contribution is 0.421. The Hall–Kier alpha value is -3.25. The number of pyridine rings is 1. The van der Waals surface area contributed by atoms with E-state index in [4.69, 9.17) is 0 Å². The van der Waals surface area contributed by atoms with Crippen LogP contribution in [0.15, 0.2) is 67.0 Å². The predicted octanol–water partition coefficient (Wildman–Crippen LogP) is 5.33. The summed E-state index contributed by atoms with van der Waals surface area (Å²) in [6.07, 6.45) is 6.96. The normalized spacial score (nSPS) is 15.7. The van der Waals surface area contributed by atoms with Crippen molar-refractivity contribution in [3.05, 3.63) is 83.9 Å². The maximum absolute atomic E-state index is 13.4. The van der Waals surface area contributed by atoms with Crippen molar-refractivity contribution in [1.29, 1.82) is 0 Å². The Bertz CT molecular complexity index is 1210. The number of nitrogens with zero attached hydrogens (tertiary/aromatic N) is 3. The van der Waals surface area contributed by atoms with E-state index in [1.807, 2.05) is 24.1 Å². The molecule has 2 aromatic carbocycles. The van der Waals surface area contributed by atoms with Crippen molar-refractivity contribution in [2.75, 3.05) is 12.4 Å². The fraction of sp³-hybridized carbons (Fsp3) is 0.280. The molecule has 5 nitrogen and oxygen atoms in total. The van der Waals surface area contributed by atoms with Gasteiger partial charge < -0.3 is 10.6 Å². The number of hydrogen-bond donors (Lipinski definition) is 2. The Morgan fingerprint density at radius 1 is 1.13 bits per heavy atom. The molecule has 0 saturated heterocycles. The average molecular weight is 416 g/mol. The van der Waals surface area contributed by atoms with E-state index in [0.29, 0.717) is 0 Å². The van der Waals surface area contributed by atoms with E-state index < -0.39 is 0 Å². The van der Waals surface area contributed by atoms with Crippen LogP contribution in [0, 0.1) is 5.82 Å². The van der Waals surface area contributed by atoms with Gasteiger partial charge in [0.05, 0.1) is 17.4 Å². The van der Waals surface area contributed by atoms with E-state index in [1.165, 1.54) is 23.3 Å². The monoisotopic (exact) mass is 415 g/mol. The van der Waals surface area contributed by atoms with Gasteiger partial charge in [-0.15, -0.1) is 0 Å². The molecule has 31 heavy (non-hydrogen) atoms. The van der Waals surface area contributed by atoms with Gasteiger partial charge in [-0.05, 0) is 72.9 Å². The molecule has 1 saturated carbocycles. The average Bonchev–Trinajstić information content (AvgIpc) is 3.47. The van der Waals surface area contributed by atoms with Crippen LogP contribution >= 0.6 is 0 Å². The molecular formula is C25H26FN5. The molecule has 2 heterocycles. The standard InChI is InChI=1S/C25H26FN5/c1-3-22(17-11-14-28-24(15-17)27-2)30-25(12-13-25)21-5-4-6-23-20(21)16-29-31(23)19-9-7-18(26)8-10-19/h4-11,14-16,22,30H,3,12-13H2,1-2H3,(H,27,28)/t22-/m0/s1. The first kappa shape index (κ1) is 19.7. The van der Waals surface area contributed by atoms with Crippen LogP contribution < -0.4 is 10.6 Å². The molecule has 0 amide bonds. The fourth-order valence-electron chi connectivity index (χ4n) is 4.43. The molecule has 1 aliphatic rings. The van der Waals surface area contributed by atoms with Gasteiger partial charge in [-0.2, -0.15) is 5.10 Å². The van der Waals surface area contributed by atoms with Crippen molar-refractivity contribution in [2.24, 2.45) is 0 Å². The lowest BCUT2D eigenvalue weighted by Gasteiger charge is -2.26. The zero-order valence-electron chi connectivity index (χ0n) is 17.8. The topological polar surface area (TPSA) is 54.8 Å². The molecule has 0 radical (unpaired) electrons. The number of aromatic nitrogens is 3. The predicted molar refractivity (Wildman–Crippen MR) is 122 cm³/mol. The lowest BCUT2D eigenvalue weighted by Crippen LogP contribution is -2.33. The van der Waals surface area contributed by atoms with Crippen LogP contribution in [0.4, 0.5) is 10.2 Å². The second kappa shape index (κ2) is 7.78. The van der Waals surface area contributed by atoms with Crippen LogP contribution in [0.1, 0.15) is 43.4 Å². The summed E-state index contributed by atoms with van der Waals surface area (Å²) in [7, 11) is 1.89. The van der Waals surface area contributed by atoms with Gasteiger partial charge in [0.1, 0.15) is 11.6 Å². The minimum atomic E-state index is -0.245. The number of fused-ring (bicyclic) bond motifs is 1. The third kappa shape index (κ3) is 3.57. The maximum atomic E-state index is 13.4. The molecule has 6 heteroatoms. The van der Waals surface area contributed by atoms with Gasteiger partial charge in [0.15, 0.2) is 0 Å². The van der Waals surface area contributed by atoms with Gasteiger partial charge in [0, 0.05) is 30.2 Å². The highest BCUT2D eigenvalue weighted by Crippen LogP contribution is 2.49. The first-order valence-corrected chi connectivity index (χ1v) is 10.8. The first-order valence-electron chi connectivity index (χ1n) is 10.8. The third-order valence-electron chi connectivity index (χ3n) is 6.25. The maximum Gasteiger partial charge on any atom is 0.125 e. The molecule has 0 unspecified atom stereocenters. The van der Waals surface area contributed by atoms with Gasteiger partial charge in [0.2, 0.25) is 0 Å². The fourth-order valence-corrected chi connectivity index (χ4v) is 4.43. The van der Waals surface area contributed by atoms with E-state index >= 15 is 0 Å². The molecule has 0 bridgehead atoms. The van der Waals surface area contributed by atoms with Crippen LogP contribution in [0.3, 0.4) is 0 Å². The molecule has 5 rings (SSSR count). The van der Waals surface area contributed by atoms with Crippen molar-refractivity contribution in [3.8, 4) is 5.69 Å². The molecule has 2 N–H and O–H groups in total. The van der Waals surface area contributed by atoms with E-state index in [9.17, 15) is 4.39 Å². The highest BCUT2D eigenvalue weighted by atomic mass is 19.1. The zero-order valence-corrected chi connectivity index (χ0v) is 17.8. The second-order valence-electron chi connectivity index (χ2n) is 8.18. The van der Waals surface area contributed by atoms with Crippen molar-refractivity contribution in [2.45, 2.75) is 37.8 Å². The summed E-state index contributed by atoms with van der Waals surface area (Å²) >= 11 is 0. The minimum absolute atomic E-state index is 0.0556. The summed E-state index contributed by atoms with van der Waals surface area (Å²) in [5.41, 5.74) is 4.35. The van der Waals surface area contributed by atoms with E-state index in [-0.39, 0.29) is 17.4 Å². The Morgan fingerprint density at radius 3 is 2.65 bits per heavy atom. The van der Waals surface area contributed by atoms with Crippen LogP contribution in [0.5, 0.6) is 0 Å². The minimum Gasteiger partial charge on any atom is -0.373 e. The molecule has 0 aliphatic heterocycles. The molecule has 1 fully saturated rings. The number of halogens is 1. The van der Waals surface area contributed by atoms with Gasteiger partial charge in [-0.3, -0.25) is 0 Å². The first-order chi connectivity index (χ1) is 15.1. The molecule has 1 aliphatic carbocycles. The van der Waals surface area contributed by atoms with E-state index in [0.717, 1.165) is 41.7 Å². The van der Waals surface area contributed by atoms with Crippen LogP contribution in [0.25, 0.3) is 16.6 Å². The summed E-state index contributed by atoms with van der Waals surface area (Å²) in [6.45, 7) is 2.21. The lowest BCUT2D eigenvalue weighted by atomic mass is 9.97. The highest BCUT2D eigenvalue weighted by Gasteiger charge is 2.46. The SMILES string of the molecule is CC[C@H](NC1(c2cccc3c2cnn3-c2ccc(F)cc2)CC1)c1ccnc(NC)c1. The molecule has 158 valence electrons. The Kier molecular flexibility index (Phi) is 4.94. The van der Waals surface area contributed by atoms with Crippen LogP contribution in [-0.2, 0) is 5.54 Å². The van der Waals surface area contributed by atoms with E-state index in [1.54, 1.807) is 12.1 Å². The zero-order chi connectivity index (χ0) is 21.4. The number of hydrogen-bond acceptors (Lipinski definition) is 4. The number of rotatable bonds is 7. The summed E-state index contributed by atoms with van der Waals surface area (Å²) in [5, 5.41) is 12.8. The highest BCUT2D eigenvalue weighted by molar-refractivity contribution is 5.85. The summed E-state index contributed by atoms with van der Waals surface area (Å²) in [6, 6.07) is 17.3. The molecular weight excluding hydrogens is 389 g/mol. The van der Waals surface area contributed by atoms with Crippen molar-refractivity contribution in [1.82, 2.24) is 20.1 Å². The molecule has 2 aromatic heterocycles. The third-order valence-corrected chi connectivity index (χ3v) is 6.25. The molecule has 0 spiro atoms. The number of benzene rings is 2.